The third-order valence-electron chi connectivity index (χ3n) is 8.57. The fourth-order valence-corrected chi connectivity index (χ4v) is 6.07. The molecule has 2 fully saturated rings. The Morgan fingerprint density at radius 2 is 1.67 bits per heavy atom. The predicted molar refractivity (Wildman–Crippen MR) is 163 cm³/mol. The van der Waals surface area contributed by atoms with Gasteiger partial charge in [-0.3, -0.25) is 4.79 Å². The first kappa shape index (κ1) is 32.2. The number of ether oxygens (including phenoxy) is 2. The van der Waals surface area contributed by atoms with Crippen LogP contribution in [0.25, 0.3) is 0 Å². The molecule has 8 nitrogen and oxygen atoms in total. The summed E-state index contributed by atoms with van der Waals surface area (Å²) in [5.74, 6) is -1.12. The van der Waals surface area contributed by atoms with E-state index >= 15 is 0 Å². The lowest BCUT2D eigenvalue weighted by atomic mass is 9.80. The molecule has 1 amide bonds. The number of alkyl halides is 3. The molecular formula is C34H39F3N4O4. The number of anilines is 2. The molecule has 1 aliphatic carbocycles. The molecule has 5 rings (SSSR count). The van der Waals surface area contributed by atoms with Crippen molar-refractivity contribution in [2.75, 3.05) is 25.5 Å². The lowest BCUT2D eigenvalue weighted by molar-refractivity contribution is -0.149. The maximum absolute atomic E-state index is 14.3. The van der Waals surface area contributed by atoms with Crippen LogP contribution in [0.4, 0.5) is 29.6 Å². The van der Waals surface area contributed by atoms with Crippen LogP contribution in [0.3, 0.4) is 0 Å². The molecule has 45 heavy (non-hydrogen) atoms. The Hall–Kier alpha value is -4.15. The van der Waals surface area contributed by atoms with Crippen molar-refractivity contribution in [3.05, 3.63) is 83.2 Å². The van der Waals surface area contributed by atoms with E-state index in [1.807, 2.05) is 75.4 Å². The maximum Gasteiger partial charge on any atom is 0.419 e. The molecule has 1 N–H and O–H groups in total. The number of carbonyl (C=O) groups is 2. The van der Waals surface area contributed by atoms with E-state index in [0.29, 0.717) is 31.6 Å². The van der Waals surface area contributed by atoms with Gasteiger partial charge in [0.05, 0.1) is 23.8 Å². The highest BCUT2D eigenvalue weighted by molar-refractivity contribution is 5.81. The van der Waals surface area contributed by atoms with Crippen LogP contribution >= 0.6 is 0 Å². The van der Waals surface area contributed by atoms with Gasteiger partial charge < -0.3 is 19.7 Å². The number of halogens is 3. The number of nitrogens with zero attached hydrogens (tertiary/aromatic N) is 3. The second-order valence-electron chi connectivity index (χ2n) is 12.9. The number of nitrogens with one attached hydrogen (secondary N) is 1. The molecule has 1 saturated heterocycles. The second-order valence-corrected chi connectivity index (χ2v) is 12.9. The second kappa shape index (κ2) is 12.7. The highest BCUT2D eigenvalue weighted by Crippen LogP contribution is 2.59. The number of aromatic nitrogens is 2. The van der Waals surface area contributed by atoms with Gasteiger partial charge in [0.25, 0.3) is 0 Å². The van der Waals surface area contributed by atoms with Gasteiger partial charge >= 0.3 is 18.2 Å². The Labute approximate surface area is 261 Å². The Morgan fingerprint density at radius 1 is 1.02 bits per heavy atom. The number of amides is 1. The molecule has 1 saturated carbocycles. The van der Waals surface area contributed by atoms with Gasteiger partial charge in [-0.2, -0.15) is 13.2 Å². The van der Waals surface area contributed by atoms with E-state index in [1.165, 1.54) is 7.11 Å². The monoisotopic (exact) mass is 624 g/mol. The summed E-state index contributed by atoms with van der Waals surface area (Å²) in [6, 6.07) is 16.7. The number of hydrogen-bond acceptors (Lipinski definition) is 7. The van der Waals surface area contributed by atoms with Crippen LogP contribution in [0, 0.1) is 5.41 Å². The third kappa shape index (κ3) is 7.57. The standard InChI is InChI=1S/C34H39F3N4O4/c1-32(2,3)45-31(43)41-18-14-24(15-19-41)23-10-12-25(13-11-23)39-30-38-21-27(34(35,36)37)28(40-30)26(20-22-8-6-5-7-9-22)33(16-17-33)29(42)44-4/h5-13,21,24,26H,14-20H2,1-4H3,(H,38,39,40). The Morgan fingerprint density at radius 3 is 2.22 bits per heavy atom. The van der Waals surface area contributed by atoms with Gasteiger partial charge in [-0.25, -0.2) is 14.8 Å². The summed E-state index contributed by atoms with van der Waals surface area (Å²) in [5.41, 5.74) is -0.294. The van der Waals surface area contributed by atoms with Gasteiger partial charge in [-0.1, -0.05) is 42.5 Å². The molecule has 1 atom stereocenters. The molecule has 0 bridgehead atoms. The van der Waals surface area contributed by atoms with Crippen LogP contribution in [0.15, 0.2) is 60.8 Å². The molecule has 3 aromatic rings. The van der Waals surface area contributed by atoms with Crippen molar-refractivity contribution in [3.63, 3.8) is 0 Å². The van der Waals surface area contributed by atoms with E-state index in [4.69, 9.17) is 9.47 Å². The van der Waals surface area contributed by atoms with E-state index in [1.54, 1.807) is 4.90 Å². The lowest BCUT2D eigenvalue weighted by Gasteiger charge is -2.33. The predicted octanol–water partition coefficient (Wildman–Crippen LogP) is 7.63. The number of benzene rings is 2. The maximum atomic E-state index is 14.3. The van der Waals surface area contributed by atoms with Crippen molar-refractivity contribution >= 4 is 23.7 Å². The van der Waals surface area contributed by atoms with E-state index < -0.39 is 34.6 Å². The average molecular weight is 625 g/mol. The number of hydrogen-bond donors (Lipinski definition) is 1. The molecule has 2 aliphatic rings. The minimum Gasteiger partial charge on any atom is -0.469 e. The summed E-state index contributed by atoms with van der Waals surface area (Å²) in [4.78, 5) is 35.5. The van der Waals surface area contributed by atoms with Gasteiger partial charge in [0, 0.05) is 30.9 Å². The molecule has 1 aromatic heterocycles. The van der Waals surface area contributed by atoms with Crippen molar-refractivity contribution in [1.29, 1.82) is 0 Å². The number of likely N-dealkylation sites (tertiary alicyclic amines) is 1. The van der Waals surface area contributed by atoms with Crippen molar-refractivity contribution in [3.8, 4) is 0 Å². The number of methoxy groups -OCH3 is 1. The highest BCUT2D eigenvalue weighted by atomic mass is 19.4. The largest absolute Gasteiger partial charge is 0.469 e. The Kier molecular flexibility index (Phi) is 9.09. The fourth-order valence-electron chi connectivity index (χ4n) is 6.07. The van der Waals surface area contributed by atoms with E-state index in [2.05, 4.69) is 15.3 Å². The topological polar surface area (TPSA) is 93.7 Å². The van der Waals surface area contributed by atoms with Crippen LogP contribution < -0.4 is 5.32 Å². The van der Waals surface area contributed by atoms with Crippen molar-refractivity contribution in [2.24, 2.45) is 5.41 Å². The van der Waals surface area contributed by atoms with Crippen LogP contribution in [0.2, 0.25) is 0 Å². The van der Waals surface area contributed by atoms with Crippen LogP contribution in [-0.4, -0.2) is 52.7 Å². The number of carbonyl (C=O) groups excluding carboxylic acids is 2. The zero-order chi connectivity index (χ0) is 32.4. The number of piperidine rings is 1. The summed E-state index contributed by atoms with van der Waals surface area (Å²) in [6.45, 7) is 6.73. The molecule has 0 spiro atoms. The molecule has 2 heterocycles. The molecule has 0 radical (unpaired) electrons. The van der Waals surface area contributed by atoms with Gasteiger partial charge in [-0.05, 0) is 82.1 Å². The lowest BCUT2D eigenvalue weighted by Crippen LogP contribution is -2.41. The first-order valence-corrected chi connectivity index (χ1v) is 15.2. The molecule has 1 aliphatic heterocycles. The SMILES string of the molecule is COC(=O)C1(C(Cc2ccccc2)c2nc(Nc3ccc(C4CCN(C(=O)OC(C)(C)C)CC4)cc3)ncc2C(F)(F)F)CC1. The minimum atomic E-state index is -4.71. The van der Waals surface area contributed by atoms with Gasteiger partial charge in [-0.15, -0.1) is 0 Å². The summed E-state index contributed by atoms with van der Waals surface area (Å²) in [6.07, 6.45) is -1.61. The summed E-state index contributed by atoms with van der Waals surface area (Å²) >= 11 is 0. The Balaban J connectivity index is 1.35. The van der Waals surface area contributed by atoms with Crippen LogP contribution in [0.1, 0.15) is 80.7 Å². The highest BCUT2D eigenvalue weighted by Gasteiger charge is 2.59. The van der Waals surface area contributed by atoms with Crippen molar-refractivity contribution in [2.45, 2.75) is 76.5 Å². The quantitative estimate of drug-likeness (QED) is 0.258. The first-order chi connectivity index (χ1) is 21.3. The molecule has 240 valence electrons. The molecule has 1 unspecified atom stereocenters. The van der Waals surface area contributed by atoms with Crippen molar-refractivity contribution < 1.29 is 32.2 Å². The third-order valence-corrected chi connectivity index (χ3v) is 8.57. The molecular weight excluding hydrogens is 585 g/mol. The summed E-state index contributed by atoms with van der Waals surface area (Å²) < 4.78 is 53.5. The van der Waals surface area contributed by atoms with E-state index in [9.17, 15) is 22.8 Å². The zero-order valence-electron chi connectivity index (χ0n) is 26.0. The number of rotatable bonds is 8. The Bertz CT molecular complexity index is 1490. The fraction of sp³-hybridized carbons (Fsp3) is 0.471. The van der Waals surface area contributed by atoms with Gasteiger partial charge in [0.1, 0.15) is 5.60 Å². The first-order valence-electron chi connectivity index (χ1n) is 15.2. The summed E-state index contributed by atoms with van der Waals surface area (Å²) in [7, 11) is 1.26. The van der Waals surface area contributed by atoms with Crippen LogP contribution in [-0.2, 0) is 26.9 Å². The van der Waals surface area contributed by atoms with Crippen molar-refractivity contribution in [1.82, 2.24) is 14.9 Å². The van der Waals surface area contributed by atoms with Gasteiger partial charge in [0.15, 0.2) is 0 Å². The molecule has 2 aromatic carbocycles. The minimum absolute atomic E-state index is 0.00939. The van der Waals surface area contributed by atoms with E-state index in [-0.39, 0.29) is 30.1 Å². The normalized spacial score (nSPS) is 17.4. The molecule has 11 heteroatoms. The summed E-state index contributed by atoms with van der Waals surface area (Å²) in [5, 5.41) is 3.06. The smallest absolute Gasteiger partial charge is 0.419 e. The van der Waals surface area contributed by atoms with Crippen LogP contribution in [0.5, 0.6) is 0 Å². The zero-order valence-corrected chi connectivity index (χ0v) is 26.0. The van der Waals surface area contributed by atoms with Gasteiger partial charge in [0.2, 0.25) is 5.95 Å². The van der Waals surface area contributed by atoms with E-state index in [0.717, 1.165) is 30.2 Å². The number of esters is 1. The average Bonchev–Trinajstić information content (AvgIpc) is 3.81.